The minimum Gasteiger partial charge on any atom is -0.214 e. The van der Waals surface area contributed by atoms with Crippen LogP contribution in [0.1, 0.15) is 5.56 Å². The molecule has 0 bridgehead atoms. The van der Waals surface area contributed by atoms with E-state index >= 15 is 0 Å². The first-order valence-corrected chi connectivity index (χ1v) is 10.9. The fraction of sp³-hybridized carbons (Fsp3) is 0.150. The van der Waals surface area contributed by atoms with E-state index < -0.39 is 8.07 Å². The summed E-state index contributed by atoms with van der Waals surface area (Å²) in [6, 6.07) is 33.0. The molecule has 2 heteroatoms. The molecule has 0 amide bonds. The first-order chi connectivity index (χ1) is 10.1. The second kappa shape index (κ2) is 12.4. The maximum absolute atomic E-state index is 2.41. The molecule has 3 aromatic rings. The summed E-state index contributed by atoms with van der Waals surface area (Å²) >= 11 is 0. The van der Waals surface area contributed by atoms with Crippen LogP contribution in [-0.4, -0.2) is 8.07 Å². The van der Waals surface area contributed by atoms with E-state index in [1.807, 2.05) is 60.7 Å². The van der Waals surface area contributed by atoms with Crippen molar-refractivity contribution in [3.8, 4) is 0 Å². The summed E-state index contributed by atoms with van der Waals surface area (Å²) in [6.07, 6.45) is 0. The van der Waals surface area contributed by atoms with Crippen LogP contribution >= 0.6 is 0 Å². The Balaban J connectivity index is 0.000000334. The molecule has 3 aromatic carbocycles. The van der Waals surface area contributed by atoms with E-state index in [9.17, 15) is 0 Å². The molecule has 0 aromatic heterocycles. The van der Waals surface area contributed by atoms with Gasteiger partial charge >= 0.3 is 26.2 Å². The Labute approximate surface area is 156 Å². The van der Waals surface area contributed by atoms with Crippen molar-refractivity contribution in [3.05, 3.63) is 103 Å². The van der Waals surface area contributed by atoms with Crippen molar-refractivity contribution in [3.63, 3.8) is 0 Å². The van der Waals surface area contributed by atoms with Gasteiger partial charge in [-0.25, -0.2) is 24.3 Å². The molecule has 0 spiro atoms. The summed E-state index contributed by atoms with van der Waals surface area (Å²) in [7, 11) is -1.02. The van der Waals surface area contributed by atoms with E-state index in [1.54, 1.807) is 0 Å². The van der Waals surface area contributed by atoms with Gasteiger partial charge in [0, 0.05) is 8.07 Å². The quantitative estimate of drug-likeness (QED) is 0.380. The molecule has 0 aliphatic rings. The molecule has 0 unspecified atom stereocenters. The van der Waals surface area contributed by atoms with Crippen LogP contribution in [-0.2, 0) is 26.2 Å². The zero-order valence-corrected chi connectivity index (χ0v) is 17.2. The Kier molecular flexibility index (Phi) is 11.8. The smallest absolute Gasteiger partial charge is 0.214 e. The van der Waals surface area contributed by atoms with E-state index in [1.165, 1.54) is 5.56 Å². The van der Waals surface area contributed by atoms with Gasteiger partial charge in [0.05, 0.1) is 0 Å². The van der Waals surface area contributed by atoms with Crippen molar-refractivity contribution in [2.45, 2.75) is 19.6 Å². The van der Waals surface area contributed by atoms with E-state index in [0.29, 0.717) is 0 Å². The number of hydrogen-bond donors (Lipinski definition) is 0. The minimum atomic E-state index is -1.02. The zero-order valence-electron chi connectivity index (χ0n) is 13.7. The largest absolute Gasteiger partial charge is 3.00 e. The predicted octanol–water partition coefficient (Wildman–Crippen LogP) is 5.92. The Bertz CT molecular complexity index is 458. The molecule has 22 heavy (non-hydrogen) atoms. The maximum atomic E-state index is 2.41. The predicted molar refractivity (Wildman–Crippen MR) is 97.3 cm³/mol. The van der Waals surface area contributed by atoms with Crippen LogP contribution in [0, 0.1) is 6.04 Å². The summed E-state index contributed by atoms with van der Waals surface area (Å²) in [5, 5.41) is 0. The molecule has 3 rings (SSSR count). The van der Waals surface area contributed by atoms with Crippen molar-refractivity contribution in [2.75, 3.05) is 0 Å². The SMILES string of the molecule is C[Si](C)(C)[CH-]c1ccccc1.[Zr+3].c1cc[cH-]c1.c1cc[cH-]c1. The first kappa shape index (κ1) is 20.9. The number of rotatable bonds is 2. The molecule has 1 radical (unpaired) electrons. The average molecular weight is 385 g/mol. The molecule has 0 aliphatic carbocycles. The molecule has 113 valence electrons. The number of benzene rings is 1. The fourth-order valence-corrected chi connectivity index (χ4v) is 2.88. The second-order valence-electron chi connectivity index (χ2n) is 5.85. The fourth-order valence-electron chi connectivity index (χ4n) is 1.69. The van der Waals surface area contributed by atoms with E-state index in [0.717, 1.165) is 0 Å². The average Bonchev–Trinajstić information content (AvgIpc) is 3.17. The molecule has 0 aliphatic heterocycles. The van der Waals surface area contributed by atoms with Gasteiger partial charge in [-0.1, -0.05) is 25.7 Å². The summed E-state index contributed by atoms with van der Waals surface area (Å²) in [6.45, 7) is 7.04. The van der Waals surface area contributed by atoms with Gasteiger partial charge in [-0.05, 0) is 0 Å². The molecular formula is C20H25SiZr. The van der Waals surface area contributed by atoms with Crippen LogP contribution in [0.2, 0.25) is 19.6 Å². The van der Waals surface area contributed by atoms with Crippen LogP contribution in [0.15, 0.2) is 91.0 Å². The van der Waals surface area contributed by atoms with Crippen LogP contribution in [0.3, 0.4) is 0 Å². The topological polar surface area (TPSA) is 0 Å². The molecule has 0 fully saturated rings. The summed E-state index contributed by atoms with van der Waals surface area (Å²) in [4.78, 5) is 0. The Morgan fingerprint density at radius 2 is 1.09 bits per heavy atom. The van der Waals surface area contributed by atoms with Crippen molar-refractivity contribution >= 4 is 8.07 Å². The second-order valence-corrected chi connectivity index (χ2v) is 10.9. The van der Waals surface area contributed by atoms with Crippen molar-refractivity contribution < 1.29 is 26.2 Å². The standard InChI is InChI=1S/C10H15Si.2C5H5.Zr/c1-11(2,3)9-10-7-5-4-6-8-10;2*1-2-4-5-3-1;/h4-9H,1-3H3;2*1-5H;/q3*-1;+3. The molecule has 0 saturated heterocycles. The molecule has 0 saturated carbocycles. The molecular weight excluding hydrogens is 360 g/mol. The van der Waals surface area contributed by atoms with Gasteiger partial charge in [0.25, 0.3) is 0 Å². The van der Waals surface area contributed by atoms with Gasteiger partial charge in [-0.2, -0.15) is 60.1 Å². The Morgan fingerprint density at radius 1 is 0.682 bits per heavy atom. The van der Waals surface area contributed by atoms with Crippen molar-refractivity contribution in [1.82, 2.24) is 0 Å². The van der Waals surface area contributed by atoms with Crippen LogP contribution in [0.5, 0.6) is 0 Å². The van der Waals surface area contributed by atoms with Crippen molar-refractivity contribution in [1.29, 1.82) is 0 Å². The minimum absolute atomic E-state index is 0. The van der Waals surface area contributed by atoms with Crippen molar-refractivity contribution in [2.24, 2.45) is 0 Å². The van der Waals surface area contributed by atoms with Crippen LogP contribution < -0.4 is 0 Å². The Morgan fingerprint density at radius 3 is 1.36 bits per heavy atom. The van der Waals surface area contributed by atoms with Gasteiger partial charge in [0.2, 0.25) is 0 Å². The van der Waals surface area contributed by atoms with Gasteiger partial charge in [-0.15, -0.1) is 12.1 Å². The van der Waals surface area contributed by atoms with E-state index in [4.69, 9.17) is 0 Å². The van der Waals surface area contributed by atoms with Gasteiger partial charge in [0.1, 0.15) is 0 Å². The molecule has 0 heterocycles. The van der Waals surface area contributed by atoms with Crippen LogP contribution in [0.4, 0.5) is 0 Å². The van der Waals surface area contributed by atoms with Gasteiger partial charge in [-0.3, -0.25) is 0 Å². The van der Waals surface area contributed by atoms with Gasteiger partial charge in [0.15, 0.2) is 0 Å². The summed E-state index contributed by atoms with van der Waals surface area (Å²) in [5.41, 5.74) is 1.37. The summed E-state index contributed by atoms with van der Waals surface area (Å²) < 4.78 is 0. The normalized spacial score (nSPS) is 9.23. The molecule has 0 nitrogen and oxygen atoms in total. The molecule has 0 atom stereocenters. The third-order valence-electron chi connectivity index (χ3n) is 2.51. The van der Waals surface area contributed by atoms with E-state index in [-0.39, 0.29) is 26.2 Å². The zero-order chi connectivity index (χ0) is 15.4. The van der Waals surface area contributed by atoms with Crippen LogP contribution in [0.25, 0.3) is 0 Å². The summed E-state index contributed by atoms with van der Waals surface area (Å²) in [5.74, 6) is 0. The third kappa shape index (κ3) is 12.6. The molecule has 0 N–H and O–H groups in total. The van der Waals surface area contributed by atoms with Gasteiger partial charge < -0.3 is 0 Å². The first-order valence-electron chi connectivity index (χ1n) is 7.32. The number of hydrogen-bond acceptors (Lipinski definition) is 0. The monoisotopic (exact) mass is 383 g/mol. The maximum Gasteiger partial charge on any atom is 3.00 e. The van der Waals surface area contributed by atoms with E-state index in [2.05, 4.69) is 56.0 Å². The third-order valence-corrected chi connectivity index (χ3v) is 3.71. The Hall–Kier alpha value is -1.11.